The Kier molecular flexibility index (Phi) is 7.76. The van der Waals surface area contributed by atoms with E-state index in [0.717, 1.165) is 49.9 Å². The van der Waals surface area contributed by atoms with Crippen LogP contribution in [0.3, 0.4) is 0 Å². The fourth-order valence-corrected chi connectivity index (χ4v) is 4.98. The van der Waals surface area contributed by atoms with E-state index in [1.165, 1.54) is 6.07 Å². The van der Waals surface area contributed by atoms with Crippen LogP contribution < -0.4 is 15.5 Å². The van der Waals surface area contributed by atoms with Crippen LogP contribution in [0, 0.1) is 10.1 Å². The molecule has 2 heterocycles. The first kappa shape index (κ1) is 26.6. The SMILES string of the molecule is CCc1ccc2oc(-c3ccc(Cl)c(NC(=S)NC(=O)c4ccc(N5CCCCC5)c([N+](=O)[O-])c4)c3)nc2c1. The maximum atomic E-state index is 12.9. The number of nitrogens with zero attached hydrogens (tertiary/aromatic N) is 3. The number of rotatable bonds is 6. The summed E-state index contributed by atoms with van der Waals surface area (Å²) in [6.45, 7) is 3.58. The highest BCUT2D eigenvalue weighted by molar-refractivity contribution is 7.80. The number of carbonyl (C=O) groups excluding carboxylic acids is 1. The molecule has 2 N–H and O–H groups in total. The minimum absolute atomic E-state index is 0.00744. The van der Waals surface area contributed by atoms with Gasteiger partial charge in [0.2, 0.25) is 5.89 Å². The largest absolute Gasteiger partial charge is 0.436 e. The molecule has 0 atom stereocenters. The van der Waals surface area contributed by atoms with Crippen molar-refractivity contribution in [3.63, 3.8) is 0 Å². The predicted molar refractivity (Wildman–Crippen MR) is 157 cm³/mol. The molecule has 1 fully saturated rings. The summed E-state index contributed by atoms with van der Waals surface area (Å²) in [6, 6.07) is 15.6. The number of thiocarbonyl (C=S) groups is 1. The first-order valence-corrected chi connectivity index (χ1v) is 13.5. The number of anilines is 2. The predicted octanol–water partition coefficient (Wildman–Crippen LogP) is 6.74. The molecule has 1 saturated heterocycles. The van der Waals surface area contributed by atoms with Gasteiger partial charge in [0.25, 0.3) is 11.6 Å². The lowest BCUT2D eigenvalue weighted by molar-refractivity contribution is -0.384. The second-order valence-electron chi connectivity index (χ2n) is 9.29. The van der Waals surface area contributed by atoms with E-state index >= 15 is 0 Å². The molecule has 200 valence electrons. The zero-order valence-corrected chi connectivity index (χ0v) is 22.8. The number of hydrogen-bond donors (Lipinski definition) is 2. The van der Waals surface area contributed by atoms with Crippen molar-refractivity contribution in [2.45, 2.75) is 32.6 Å². The Balaban J connectivity index is 1.31. The molecule has 11 heteroatoms. The zero-order valence-electron chi connectivity index (χ0n) is 21.2. The summed E-state index contributed by atoms with van der Waals surface area (Å²) in [6.07, 6.45) is 3.97. The van der Waals surface area contributed by atoms with Crippen LogP contribution in [0.15, 0.2) is 59.0 Å². The number of aromatic nitrogens is 1. The molecule has 1 aromatic heterocycles. The van der Waals surface area contributed by atoms with Crippen LogP contribution >= 0.6 is 23.8 Å². The van der Waals surface area contributed by atoms with Gasteiger partial charge in [-0.3, -0.25) is 20.2 Å². The molecule has 1 amide bonds. The number of aryl methyl sites for hydroxylation is 1. The molecule has 0 radical (unpaired) electrons. The lowest BCUT2D eigenvalue weighted by Gasteiger charge is -2.28. The first-order chi connectivity index (χ1) is 18.8. The molecule has 39 heavy (non-hydrogen) atoms. The molecule has 0 saturated carbocycles. The highest BCUT2D eigenvalue weighted by atomic mass is 35.5. The average Bonchev–Trinajstić information content (AvgIpc) is 3.37. The maximum Gasteiger partial charge on any atom is 0.293 e. The van der Waals surface area contributed by atoms with Crippen molar-refractivity contribution in [3.8, 4) is 11.5 Å². The molecule has 3 aromatic carbocycles. The number of oxazole rings is 1. The van der Waals surface area contributed by atoms with Crippen molar-refractivity contribution in [2.75, 3.05) is 23.3 Å². The number of hydrogen-bond acceptors (Lipinski definition) is 7. The molecule has 1 aliphatic heterocycles. The van der Waals surface area contributed by atoms with E-state index in [1.807, 2.05) is 23.1 Å². The maximum absolute atomic E-state index is 12.9. The third-order valence-electron chi connectivity index (χ3n) is 6.68. The molecule has 4 aromatic rings. The van der Waals surface area contributed by atoms with E-state index < -0.39 is 10.8 Å². The fourth-order valence-electron chi connectivity index (χ4n) is 4.61. The van der Waals surface area contributed by atoms with Crippen molar-refractivity contribution < 1.29 is 14.1 Å². The summed E-state index contributed by atoms with van der Waals surface area (Å²) in [5, 5.41) is 17.6. The molecule has 0 spiro atoms. The average molecular weight is 564 g/mol. The standard InChI is InChI=1S/C28H26ClN5O4S/c1-2-17-6-11-25-22(14-17)30-27(38-25)19-7-9-20(29)21(15-19)31-28(39)32-26(35)18-8-10-23(24(16-18)34(36)37)33-12-4-3-5-13-33/h6-11,14-16H,2-5,12-13H2,1H3,(H2,31,32,35,39). The molecule has 1 aliphatic rings. The normalized spacial score (nSPS) is 13.3. The van der Waals surface area contributed by atoms with Crippen LogP contribution in [0.1, 0.15) is 42.1 Å². The van der Waals surface area contributed by atoms with Gasteiger partial charge in [0.15, 0.2) is 10.7 Å². The Bertz CT molecular complexity index is 1580. The van der Waals surface area contributed by atoms with Gasteiger partial charge >= 0.3 is 0 Å². The van der Waals surface area contributed by atoms with Gasteiger partial charge in [-0.05, 0) is 85.9 Å². The third-order valence-corrected chi connectivity index (χ3v) is 7.21. The van der Waals surface area contributed by atoms with Crippen LogP contribution in [0.25, 0.3) is 22.6 Å². The van der Waals surface area contributed by atoms with E-state index in [1.54, 1.807) is 30.3 Å². The number of halogens is 1. The number of nitrogens with one attached hydrogen (secondary N) is 2. The minimum atomic E-state index is -0.571. The highest BCUT2D eigenvalue weighted by Gasteiger charge is 2.23. The Morgan fingerprint density at radius 2 is 1.92 bits per heavy atom. The van der Waals surface area contributed by atoms with Gasteiger partial charge in [-0.15, -0.1) is 0 Å². The second kappa shape index (κ2) is 11.4. The summed E-state index contributed by atoms with van der Waals surface area (Å²) >= 11 is 11.7. The number of fused-ring (bicyclic) bond motifs is 1. The van der Waals surface area contributed by atoms with Crippen molar-refractivity contribution in [1.29, 1.82) is 0 Å². The second-order valence-corrected chi connectivity index (χ2v) is 10.1. The molecule has 0 unspecified atom stereocenters. The van der Waals surface area contributed by atoms with E-state index in [-0.39, 0.29) is 16.4 Å². The van der Waals surface area contributed by atoms with Gasteiger partial charge in [0, 0.05) is 30.3 Å². The molecular weight excluding hydrogens is 538 g/mol. The number of carbonyl (C=O) groups is 1. The zero-order chi connectivity index (χ0) is 27.5. The van der Waals surface area contributed by atoms with E-state index in [4.69, 9.17) is 28.2 Å². The highest BCUT2D eigenvalue weighted by Crippen LogP contribution is 2.32. The number of nitro groups is 1. The van der Waals surface area contributed by atoms with Crippen LogP contribution in [0.4, 0.5) is 17.1 Å². The molecule has 0 aliphatic carbocycles. The Morgan fingerprint density at radius 1 is 1.13 bits per heavy atom. The van der Waals surface area contributed by atoms with E-state index in [0.29, 0.717) is 33.4 Å². The van der Waals surface area contributed by atoms with Crippen molar-refractivity contribution in [3.05, 3.63) is 80.9 Å². The van der Waals surface area contributed by atoms with Gasteiger partial charge in [-0.1, -0.05) is 24.6 Å². The number of nitro benzene ring substituents is 1. The number of benzene rings is 3. The Hall–Kier alpha value is -4.02. The van der Waals surface area contributed by atoms with Crippen molar-refractivity contribution in [2.24, 2.45) is 0 Å². The van der Waals surface area contributed by atoms with Crippen molar-refractivity contribution >= 4 is 63.0 Å². The number of piperidine rings is 1. The van der Waals surface area contributed by atoms with Gasteiger partial charge in [-0.25, -0.2) is 4.98 Å². The van der Waals surface area contributed by atoms with Crippen LogP contribution in [-0.4, -0.2) is 34.0 Å². The minimum Gasteiger partial charge on any atom is -0.436 e. The summed E-state index contributed by atoms with van der Waals surface area (Å²) in [4.78, 5) is 30.8. The first-order valence-electron chi connectivity index (χ1n) is 12.7. The summed E-state index contributed by atoms with van der Waals surface area (Å²) < 4.78 is 5.92. The third kappa shape index (κ3) is 5.86. The summed E-state index contributed by atoms with van der Waals surface area (Å²) in [5.41, 5.74) is 4.26. The smallest absolute Gasteiger partial charge is 0.293 e. The quantitative estimate of drug-likeness (QED) is 0.151. The van der Waals surface area contributed by atoms with E-state index in [9.17, 15) is 14.9 Å². The topological polar surface area (TPSA) is 114 Å². The van der Waals surface area contributed by atoms with Gasteiger partial charge in [-0.2, -0.15) is 0 Å². The monoisotopic (exact) mass is 563 g/mol. The molecule has 0 bridgehead atoms. The summed E-state index contributed by atoms with van der Waals surface area (Å²) in [5.74, 6) is -0.146. The van der Waals surface area contributed by atoms with Crippen LogP contribution in [-0.2, 0) is 6.42 Å². The molecule has 5 rings (SSSR count). The fraction of sp³-hybridized carbons (Fsp3) is 0.250. The van der Waals surface area contributed by atoms with Gasteiger partial charge in [0.05, 0.1) is 15.6 Å². The van der Waals surface area contributed by atoms with Crippen LogP contribution in [0.5, 0.6) is 0 Å². The number of amides is 1. The van der Waals surface area contributed by atoms with Crippen molar-refractivity contribution in [1.82, 2.24) is 10.3 Å². The van der Waals surface area contributed by atoms with Gasteiger partial charge < -0.3 is 14.6 Å². The molecule has 9 nitrogen and oxygen atoms in total. The lowest BCUT2D eigenvalue weighted by atomic mass is 10.1. The lowest BCUT2D eigenvalue weighted by Crippen LogP contribution is -2.34. The summed E-state index contributed by atoms with van der Waals surface area (Å²) in [7, 11) is 0. The van der Waals surface area contributed by atoms with Gasteiger partial charge in [0.1, 0.15) is 11.2 Å². The Labute approximate surface area is 235 Å². The molecular formula is C28H26ClN5O4S. The van der Waals surface area contributed by atoms with Crippen LogP contribution in [0.2, 0.25) is 5.02 Å². The Morgan fingerprint density at radius 3 is 2.67 bits per heavy atom. The van der Waals surface area contributed by atoms with E-state index in [2.05, 4.69) is 22.5 Å².